The average molecular weight is 277 g/mol. The van der Waals surface area contributed by atoms with Gasteiger partial charge in [0.05, 0.1) is 0 Å². The molecule has 1 unspecified atom stereocenters. The second-order valence-corrected chi connectivity index (χ2v) is 4.78. The Kier molecular flexibility index (Phi) is 4.70. The van der Waals surface area contributed by atoms with Crippen LogP contribution < -0.4 is 5.43 Å². The van der Waals surface area contributed by atoms with Crippen LogP contribution in [0.5, 0.6) is 0 Å². The fourth-order valence-corrected chi connectivity index (χ4v) is 2.14. The lowest BCUT2D eigenvalue weighted by atomic mass is 10.1. The van der Waals surface area contributed by atoms with Crippen LogP contribution in [0.2, 0.25) is 0 Å². The lowest BCUT2D eigenvalue weighted by Crippen LogP contribution is -2.55. The molecule has 0 bridgehead atoms. The van der Waals surface area contributed by atoms with Gasteiger partial charge in [-0.15, -0.1) is 0 Å². The SMILES string of the molecule is CC(=O)N1CCN(NC(=O)C(O)c2ccccc2)CC1. The molecular weight excluding hydrogens is 258 g/mol. The Balaban J connectivity index is 1.85. The largest absolute Gasteiger partial charge is 0.378 e. The monoisotopic (exact) mass is 277 g/mol. The van der Waals surface area contributed by atoms with Gasteiger partial charge < -0.3 is 10.0 Å². The van der Waals surface area contributed by atoms with Gasteiger partial charge in [-0.1, -0.05) is 30.3 Å². The number of hydrazine groups is 1. The normalized spacial score (nSPS) is 17.6. The highest BCUT2D eigenvalue weighted by molar-refractivity contribution is 5.81. The third kappa shape index (κ3) is 3.55. The quantitative estimate of drug-likeness (QED) is 0.810. The third-order valence-electron chi connectivity index (χ3n) is 3.36. The number of carbonyl (C=O) groups excluding carboxylic acids is 2. The van der Waals surface area contributed by atoms with E-state index in [-0.39, 0.29) is 5.91 Å². The van der Waals surface area contributed by atoms with Gasteiger partial charge in [-0.2, -0.15) is 0 Å². The number of aliphatic hydroxyl groups is 1. The number of amides is 2. The first kappa shape index (κ1) is 14.5. The predicted octanol–water partition coefficient (Wildman–Crippen LogP) is -0.0847. The maximum atomic E-state index is 11.9. The van der Waals surface area contributed by atoms with Gasteiger partial charge in [-0.3, -0.25) is 15.0 Å². The Morgan fingerprint density at radius 3 is 2.30 bits per heavy atom. The molecule has 20 heavy (non-hydrogen) atoms. The number of hydrogen-bond donors (Lipinski definition) is 2. The highest BCUT2D eigenvalue weighted by Gasteiger charge is 2.23. The predicted molar refractivity (Wildman–Crippen MR) is 73.4 cm³/mol. The summed E-state index contributed by atoms with van der Waals surface area (Å²) in [5, 5.41) is 11.7. The molecule has 1 aliphatic rings. The molecule has 2 N–H and O–H groups in total. The Hall–Kier alpha value is -1.92. The van der Waals surface area contributed by atoms with Crippen molar-refractivity contribution in [2.45, 2.75) is 13.0 Å². The van der Waals surface area contributed by atoms with Gasteiger partial charge in [0.1, 0.15) is 0 Å². The second-order valence-electron chi connectivity index (χ2n) is 4.78. The molecule has 0 saturated carbocycles. The number of aliphatic hydroxyl groups excluding tert-OH is 1. The van der Waals surface area contributed by atoms with Crippen LogP contribution in [0.1, 0.15) is 18.6 Å². The van der Waals surface area contributed by atoms with Crippen LogP contribution in [0.4, 0.5) is 0 Å². The van der Waals surface area contributed by atoms with Gasteiger partial charge in [0, 0.05) is 33.1 Å². The van der Waals surface area contributed by atoms with Crippen molar-refractivity contribution in [3.63, 3.8) is 0 Å². The van der Waals surface area contributed by atoms with Crippen molar-refractivity contribution < 1.29 is 14.7 Å². The molecular formula is C14H19N3O3. The minimum atomic E-state index is -1.18. The van der Waals surface area contributed by atoms with Crippen molar-refractivity contribution in [2.75, 3.05) is 26.2 Å². The fraction of sp³-hybridized carbons (Fsp3) is 0.429. The number of nitrogens with zero attached hydrogens (tertiary/aromatic N) is 2. The van der Waals surface area contributed by atoms with E-state index in [9.17, 15) is 14.7 Å². The zero-order valence-electron chi connectivity index (χ0n) is 11.5. The lowest BCUT2D eigenvalue weighted by Gasteiger charge is -2.34. The molecule has 6 nitrogen and oxygen atoms in total. The van der Waals surface area contributed by atoms with Crippen LogP contribution >= 0.6 is 0 Å². The molecule has 1 aromatic carbocycles. The second kappa shape index (κ2) is 6.49. The zero-order valence-corrected chi connectivity index (χ0v) is 11.5. The van der Waals surface area contributed by atoms with E-state index in [1.807, 2.05) is 6.07 Å². The summed E-state index contributed by atoms with van der Waals surface area (Å²) in [6.45, 7) is 3.82. The van der Waals surface area contributed by atoms with Crippen LogP contribution in [0.3, 0.4) is 0 Å². The van der Waals surface area contributed by atoms with Crippen molar-refractivity contribution in [1.29, 1.82) is 0 Å². The molecule has 6 heteroatoms. The number of benzene rings is 1. The molecule has 1 heterocycles. The molecule has 0 aromatic heterocycles. The summed E-state index contributed by atoms with van der Waals surface area (Å²) < 4.78 is 0. The Morgan fingerprint density at radius 2 is 1.75 bits per heavy atom. The summed E-state index contributed by atoms with van der Waals surface area (Å²) in [4.78, 5) is 24.9. The van der Waals surface area contributed by atoms with E-state index in [4.69, 9.17) is 0 Å². The average Bonchev–Trinajstić information content (AvgIpc) is 2.48. The summed E-state index contributed by atoms with van der Waals surface area (Å²) >= 11 is 0. The lowest BCUT2D eigenvalue weighted by molar-refractivity contribution is -0.137. The summed E-state index contributed by atoms with van der Waals surface area (Å²) in [6.07, 6.45) is -1.18. The van der Waals surface area contributed by atoms with Gasteiger partial charge in [0.2, 0.25) is 5.91 Å². The molecule has 1 aromatic rings. The van der Waals surface area contributed by atoms with Gasteiger partial charge >= 0.3 is 0 Å². The zero-order chi connectivity index (χ0) is 14.5. The first-order valence-electron chi connectivity index (χ1n) is 6.62. The van der Waals surface area contributed by atoms with E-state index in [1.54, 1.807) is 34.2 Å². The van der Waals surface area contributed by atoms with Crippen molar-refractivity contribution in [3.05, 3.63) is 35.9 Å². The van der Waals surface area contributed by atoms with E-state index >= 15 is 0 Å². The van der Waals surface area contributed by atoms with Gasteiger partial charge in [0.15, 0.2) is 6.10 Å². The van der Waals surface area contributed by atoms with Gasteiger partial charge in [-0.25, -0.2) is 5.01 Å². The van der Waals surface area contributed by atoms with Crippen molar-refractivity contribution >= 4 is 11.8 Å². The molecule has 0 radical (unpaired) electrons. The minimum absolute atomic E-state index is 0.0419. The maximum Gasteiger partial charge on any atom is 0.267 e. The van der Waals surface area contributed by atoms with Crippen LogP contribution in [0.25, 0.3) is 0 Å². The standard InChI is InChI=1S/C14H19N3O3/c1-11(18)16-7-9-17(10-8-16)15-14(20)13(19)12-5-3-2-4-6-12/h2-6,13,19H,7-10H2,1H3,(H,15,20). The minimum Gasteiger partial charge on any atom is -0.378 e. The number of carbonyl (C=O) groups is 2. The topological polar surface area (TPSA) is 72.9 Å². The van der Waals surface area contributed by atoms with Crippen LogP contribution in [0, 0.1) is 0 Å². The first-order valence-corrected chi connectivity index (χ1v) is 6.62. The van der Waals surface area contributed by atoms with E-state index in [0.29, 0.717) is 31.7 Å². The molecule has 108 valence electrons. The number of hydrogen-bond acceptors (Lipinski definition) is 4. The first-order chi connectivity index (χ1) is 9.58. The highest BCUT2D eigenvalue weighted by atomic mass is 16.3. The Morgan fingerprint density at radius 1 is 1.15 bits per heavy atom. The molecule has 0 aliphatic carbocycles. The summed E-state index contributed by atoms with van der Waals surface area (Å²) in [5.74, 6) is -0.409. The van der Waals surface area contributed by atoms with Crippen molar-refractivity contribution in [3.8, 4) is 0 Å². The highest BCUT2D eigenvalue weighted by Crippen LogP contribution is 2.12. The molecule has 1 atom stereocenters. The Labute approximate surface area is 118 Å². The van der Waals surface area contributed by atoms with E-state index in [2.05, 4.69) is 5.43 Å². The molecule has 2 amide bonds. The molecule has 1 aliphatic heterocycles. The smallest absolute Gasteiger partial charge is 0.267 e. The van der Waals surface area contributed by atoms with Crippen molar-refractivity contribution in [2.24, 2.45) is 0 Å². The van der Waals surface area contributed by atoms with Gasteiger partial charge in [0.25, 0.3) is 5.91 Å². The maximum absolute atomic E-state index is 11.9. The van der Waals surface area contributed by atoms with E-state index in [1.165, 1.54) is 6.92 Å². The number of nitrogens with one attached hydrogen (secondary N) is 1. The summed E-state index contributed by atoms with van der Waals surface area (Å²) in [7, 11) is 0. The molecule has 1 saturated heterocycles. The Bertz CT molecular complexity index is 470. The third-order valence-corrected chi connectivity index (χ3v) is 3.36. The molecule has 2 rings (SSSR count). The van der Waals surface area contributed by atoms with E-state index < -0.39 is 12.0 Å². The molecule has 1 fully saturated rings. The summed E-state index contributed by atoms with van der Waals surface area (Å²) in [5.41, 5.74) is 3.25. The number of rotatable bonds is 3. The van der Waals surface area contributed by atoms with Crippen LogP contribution in [-0.2, 0) is 9.59 Å². The van der Waals surface area contributed by atoms with Crippen molar-refractivity contribution in [1.82, 2.24) is 15.3 Å². The fourth-order valence-electron chi connectivity index (χ4n) is 2.14. The van der Waals surface area contributed by atoms with Crippen LogP contribution in [-0.4, -0.2) is 53.0 Å². The van der Waals surface area contributed by atoms with E-state index in [0.717, 1.165) is 0 Å². The van der Waals surface area contributed by atoms with Crippen LogP contribution in [0.15, 0.2) is 30.3 Å². The number of piperazine rings is 1. The van der Waals surface area contributed by atoms with Gasteiger partial charge in [-0.05, 0) is 5.56 Å². The summed E-state index contributed by atoms with van der Waals surface area (Å²) in [6, 6.07) is 8.79. The molecule has 0 spiro atoms.